The van der Waals surface area contributed by atoms with Gasteiger partial charge in [-0.15, -0.1) is 11.8 Å². The van der Waals surface area contributed by atoms with Gasteiger partial charge in [0.05, 0.1) is 4.75 Å². The third-order valence-corrected chi connectivity index (χ3v) is 11.6. The summed E-state index contributed by atoms with van der Waals surface area (Å²) in [7, 11) is 0. The van der Waals surface area contributed by atoms with Gasteiger partial charge in [-0.2, -0.15) is 0 Å². The number of primary amides is 1. The summed E-state index contributed by atoms with van der Waals surface area (Å²) in [6.45, 7) is 10.0. The Kier molecular flexibility index (Phi) is 18.2. The summed E-state index contributed by atoms with van der Waals surface area (Å²) in [6, 6.07) is 41.2. The van der Waals surface area contributed by atoms with Crippen molar-refractivity contribution in [3.05, 3.63) is 168 Å². The number of amides is 6. The lowest BCUT2D eigenvalue weighted by Crippen LogP contribution is -2.55. The fourth-order valence-electron chi connectivity index (χ4n) is 6.96. The van der Waals surface area contributed by atoms with E-state index in [4.69, 9.17) is 19.9 Å². The van der Waals surface area contributed by atoms with Crippen molar-refractivity contribution < 1.29 is 43.0 Å². The van der Waals surface area contributed by atoms with Gasteiger partial charge in [-0.25, -0.2) is 14.4 Å². The third-order valence-electron chi connectivity index (χ3n) is 10.00. The molecule has 15 nitrogen and oxygen atoms in total. The van der Waals surface area contributed by atoms with Crippen LogP contribution in [0.15, 0.2) is 146 Å². The number of carbonyl (C=O) groups is 6. The van der Waals surface area contributed by atoms with E-state index in [0.29, 0.717) is 11.3 Å². The molecule has 5 aromatic rings. The molecule has 0 saturated heterocycles. The molecule has 0 bridgehead atoms. The molecule has 3 atom stereocenters. The molecule has 3 unspecified atom stereocenters. The van der Waals surface area contributed by atoms with Crippen LogP contribution >= 0.6 is 11.8 Å². The maximum absolute atomic E-state index is 14.0. The van der Waals surface area contributed by atoms with Crippen LogP contribution in [0.4, 0.5) is 20.1 Å². The highest BCUT2D eigenvalue weighted by atomic mass is 32.2. The minimum atomic E-state index is -1.28. The maximum Gasteiger partial charge on any atom is 0.412 e. The SMILES string of the molecule is CC(C)(C)OC(=O)NC(Cc1ccc(OC(=O)NCCC(NC(=O)OC(C)(C)C)C(=O)NC(CSC(c2ccccc2)(c2ccccc2)c2ccccc2)C(N)=O)cc1)C(=O)Nc1ccccc1. The summed E-state index contributed by atoms with van der Waals surface area (Å²) in [5.74, 6) is -1.77. The van der Waals surface area contributed by atoms with Gasteiger partial charge in [0.1, 0.15) is 35.1 Å². The van der Waals surface area contributed by atoms with E-state index in [2.05, 4.69) is 26.6 Å². The van der Waals surface area contributed by atoms with Crippen LogP contribution in [-0.4, -0.2) is 77.6 Å². The number of hydrogen-bond donors (Lipinski definition) is 6. The molecule has 5 rings (SSSR count). The molecular formula is C52H60N6O9S. The van der Waals surface area contributed by atoms with Crippen LogP contribution in [0.2, 0.25) is 0 Å². The molecule has 358 valence electrons. The second kappa shape index (κ2) is 23.9. The number of carbonyl (C=O) groups excluding carboxylic acids is 6. The molecule has 16 heteroatoms. The smallest absolute Gasteiger partial charge is 0.412 e. The number of nitrogens with one attached hydrogen (secondary N) is 5. The van der Waals surface area contributed by atoms with Crippen molar-refractivity contribution in [2.75, 3.05) is 17.6 Å². The van der Waals surface area contributed by atoms with Gasteiger partial charge >= 0.3 is 18.3 Å². The quantitative estimate of drug-likeness (QED) is 0.0441. The zero-order chi connectivity index (χ0) is 49.3. The predicted molar refractivity (Wildman–Crippen MR) is 263 cm³/mol. The Morgan fingerprint density at radius 3 is 1.46 bits per heavy atom. The minimum Gasteiger partial charge on any atom is -0.444 e. The van der Waals surface area contributed by atoms with E-state index in [9.17, 15) is 28.8 Å². The summed E-state index contributed by atoms with van der Waals surface area (Å²) in [6.07, 6.45) is -2.55. The molecular weight excluding hydrogens is 885 g/mol. The molecule has 0 aromatic heterocycles. The fraction of sp³-hybridized carbons (Fsp3) is 0.308. The molecule has 0 fully saturated rings. The Balaban J connectivity index is 1.25. The van der Waals surface area contributed by atoms with Gasteiger partial charge in [0.25, 0.3) is 0 Å². The summed E-state index contributed by atoms with van der Waals surface area (Å²) < 4.78 is 15.5. The van der Waals surface area contributed by atoms with E-state index in [-0.39, 0.29) is 30.9 Å². The molecule has 68 heavy (non-hydrogen) atoms. The lowest BCUT2D eigenvalue weighted by Gasteiger charge is -2.36. The largest absolute Gasteiger partial charge is 0.444 e. The molecule has 0 spiro atoms. The Hall–Kier alpha value is -7.33. The van der Waals surface area contributed by atoms with E-state index in [0.717, 1.165) is 16.7 Å². The molecule has 0 aliphatic carbocycles. The van der Waals surface area contributed by atoms with Gasteiger partial charge < -0.3 is 46.5 Å². The van der Waals surface area contributed by atoms with Gasteiger partial charge in [0, 0.05) is 24.4 Å². The summed E-state index contributed by atoms with van der Waals surface area (Å²) in [5.41, 5.74) is 8.29. The molecule has 0 heterocycles. The Morgan fingerprint density at radius 2 is 1.00 bits per heavy atom. The second-order valence-electron chi connectivity index (χ2n) is 17.8. The molecule has 5 aromatic carbocycles. The zero-order valence-corrected chi connectivity index (χ0v) is 39.9. The van der Waals surface area contributed by atoms with Crippen LogP contribution in [0.25, 0.3) is 0 Å². The van der Waals surface area contributed by atoms with E-state index in [1.807, 2.05) is 97.1 Å². The number of rotatable bonds is 19. The molecule has 0 aliphatic heterocycles. The standard InChI is InChI=1S/C52H60N6O9S/c1-50(2,3)66-48(63)57-41(45(60)56-43(44(53)59)34-68-52(36-19-11-7-12-20-36,37-21-13-8-14-22-37)38-23-15-9-16-24-38)31-32-54-47(62)65-40-29-27-35(28-30-40)33-42(58-49(64)67-51(4,5)6)46(61)55-39-25-17-10-18-26-39/h7-30,41-43H,31-34H2,1-6H3,(H2,53,59)(H,54,62)(H,55,61)(H,56,60)(H,57,63)(H,58,64). The lowest BCUT2D eigenvalue weighted by molar-refractivity contribution is -0.128. The van der Waals surface area contributed by atoms with Crippen molar-refractivity contribution in [2.24, 2.45) is 5.73 Å². The Morgan fingerprint density at radius 1 is 0.544 bits per heavy atom. The third kappa shape index (κ3) is 15.9. The summed E-state index contributed by atoms with van der Waals surface area (Å²) >= 11 is 1.43. The van der Waals surface area contributed by atoms with Crippen molar-refractivity contribution in [1.82, 2.24) is 21.3 Å². The van der Waals surface area contributed by atoms with Crippen LogP contribution in [0.3, 0.4) is 0 Å². The lowest BCUT2D eigenvalue weighted by atomic mass is 9.84. The van der Waals surface area contributed by atoms with E-state index < -0.39 is 70.1 Å². The van der Waals surface area contributed by atoms with Crippen LogP contribution in [0.1, 0.15) is 70.2 Å². The van der Waals surface area contributed by atoms with Crippen molar-refractivity contribution in [2.45, 2.75) is 88.5 Å². The van der Waals surface area contributed by atoms with Crippen molar-refractivity contribution in [3.8, 4) is 5.75 Å². The van der Waals surface area contributed by atoms with Gasteiger partial charge in [0.15, 0.2) is 0 Å². The van der Waals surface area contributed by atoms with E-state index >= 15 is 0 Å². The number of benzene rings is 5. The van der Waals surface area contributed by atoms with Gasteiger partial charge in [-0.3, -0.25) is 14.4 Å². The molecule has 0 aliphatic rings. The first-order valence-electron chi connectivity index (χ1n) is 22.1. The van der Waals surface area contributed by atoms with Crippen LogP contribution < -0.4 is 37.1 Å². The molecule has 0 saturated carbocycles. The number of thioether (sulfide) groups is 1. The monoisotopic (exact) mass is 944 g/mol. The van der Waals surface area contributed by atoms with Gasteiger partial charge in [0.2, 0.25) is 17.7 Å². The highest BCUT2D eigenvalue weighted by Crippen LogP contribution is 2.48. The fourth-order valence-corrected chi connectivity index (χ4v) is 8.54. The van der Waals surface area contributed by atoms with Crippen molar-refractivity contribution in [1.29, 1.82) is 0 Å². The van der Waals surface area contributed by atoms with Gasteiger partial charge in [-0.05, 0) is 94.5 Å². The first-order valence-corrected chi connectivity index (χ1v) is 23.1. The van der Waals surface area contributed by atoms with Crippen LogP contribution in [0.5, 0.6) is 5.75 Å². The number of para-hydroxylation sites is 1. The molecule has 7 N–H and O–H groups in total. The first kappa shape index (κ1) is 51.7. The number of hydrogen-bond acceptors (Lipinski definition) is 10. The predicted octanol–water partition coefficient (Wildman–Crippen LogP) is 7.83. The van der Waals surface area contributed by atoms with Crippen molar-refractivity contribution >= 4 is 53.5 Å². The van der Waals surface area contributed by atoms with E-state index in [1.54, 1.807) is 77.9 Å². The van der Waals surface area contributed by atoms with Gasteiger partial charge in [-0.1, -0.05) is 121 Å². The normalized spacial score (nSPS) is 12.8. The summed E-state index contributed by atoms with van der Waals surface area (Å²) in [5, 5.41) is 13.4. The molecule has 0 radical (unpaired) electrons. The maximum atomic E-state index is 14.0. The van der Waals surface area contributed by atoms with Crippen LogP contribution in [0, 0.1) is 0 Å². The first-order chi connectivity index (χ1) is 32.3. The highest BCUT2D eigenvalue weighted by Gasteiger charge is 2.39. The average Bonchev–Trinajstić information content (AvgIpc) is 3.29. The number of alkyl carbamates (subject to hydrolysis) is 2. The highest BCUT2D eigenvalue weighted by molar-refractivity contribution is 8.00. The average molecular weight is 945 g/mol. The second-order valence-corrected chi connectivity index (χ2v) is 19.0. The number of anilines is 1. The number of ether oxygens (including phenoxy) is 3. The number of nitrogens with two attached hydrogens (primary N) is 1. The topological polar surface area (TPSA) is 216 Å². The Bertz CT molecular complexity index is 2350. The Labute approximate surface area is 401 Å². The minimum absolute atomic E-state index is 0.0457. The van der Waals surface area contributed by atoms with Crippen molar-refractivity contribution in [3.63, 3.8) is 0 Å². The van der Waals surface area contributed by atoms with E-state index in [1.165, 1.54) is 23.9 Å². The van der Waals surface area contributed by atoms with Crippen LogP contribution in [-0.2, 0) is 35.0 Å². The summed E-state index contributed by atoms with van der Waals surface area (Å²) in [4.78, 5) is 79.1. The molecule has 6 amide bonds. The zero-order valence-electron chi connectivity index (χ0n) is 39.1.